The maximum Gasteiger partial charge on any atom is 0.325 e. The van der Waals surface area contributed by atoms with E-state index in [9.17, 15) is 4.79 Å². The van der Waals surface area contributed by atoms with E-state index in [1.54, 1.807) is 6.20 Å². The molecule has 0 bridgehead atoms. The van der Waals surface area contributed by atoms with E-state index in [0.717, 1.165) is 0 Å². The van der Waals surface area contributed by atoms with Gasteiger partial charge in [-0.1, -0.05) is 0 Å². The SMILES string of the molecule is CCOc1cccnc1N(CC(=O)OC)C(C)C. The van der Waals surface area contributed by atoms with E-state index in [1.165, 1.54) is 7.11 Å². The van der Waals surface area contributed by atoms with Gasteiger partial charge in [-0.3, -0.25) is 4.79 Å². The number of aromatic nitrogens is 1. The minimum absolute atomic E-state index is 0.123. The third-order valence-electron chi connectivity index (χ3n) is 2.47. The Morgan fingerprint density at radius 1 is 1.50 bits per heavy atom. The molecular weight excluding hydrogens is 232 g/mol. The van der Waals surface area contributed by atoms with Crippen LogP contribution in [0, 0.1) is 0 Å². The first-order valence-corrected chi connectivity index (χ1v) is 6.01. The number of esters is 1. The van der Waals surface area contributed by atoms with Crippen LogP contribution in [0.25, 0.3) is 0 Å². The van der Waals surface area contributed by atoms with E-state index in [0.29, 0.717) is 18.2 Å². The molecule has 0 radical (unpaired) electrons. The standard InChI is InChI=1S/C13H20N2O3/c1-5-18-11-7-6-8-14-13(11)15(10(2)3)9-12(16)17-4/h6-8,10H,5,9H2,1-4H3. The number of pyridine rings is 1. The highest BCUT2D eigenvalue weighted by Gasteiger charge is 2.19. The van der Waals surface area contributed by atoms with Crippen LogP contribution < -0.4 is 9.64 Å². The van der Waals surface area contributed by atoms with Gasteiger partial charge in [0.15, 0.2) is 11.6 Å². The van der Waals surface area contributed by atoms with E-state index in [2.05, 4.69) is 4.98 Å². The smallest absolute Gasteiger partial charge is 0.325 e. The van der Waals surface area contributed by atoms with Crippen molar-refractivity contribution < 1.29 is 14.3 Å². The number of carbonyl (C=O) groups is 1. The number of rotatable bonds is 6. The fourth-order valence-corrected chi connectivity index (χ4v) is 1.57. The molecule has 0 N–H and O–H groups in total. The number of nitrogens with zero attached hydrogens (tertiary/aromatic N) is 2. The largest absolute Gasteiger partial charge is 0.490 e. The molecule has 0 fully saturated rings. The van der Waals surface area contributed by atoms with E-state index in [-0.39, 0.29) is 18.6 Å². The molecule has 1 aromatic heterocycles. The van der Waals surface area contributed by atoms with Crippen molar-refractivity contribution >= 4 is 11.8 Å². The van der Waals surface area contributed by atoms with Crippen molar-refractivity contribution in [2.45, 2.75) is 26.8 Å². The summed E-state index contributed by atoms with van der Waals surface area (Å²) in [4.78, 5) is 17.6. The monoisotopic (exact) mass is 252 g/mol. The Kier molecular flexibility index (Phi) is 5.42. The summed E-state index contributed by atoms with van der Waals surface area (Å²) < 4.78 is 10.2. The van der Waals surface area contributed by atoms with Crippen LogP contribution in [-0.4, -0.2) is 37.3 Å². The molecule has 0 atom stereocenters. The molecule has 5 nitrogen and oxygen atoms in total. The lowest BCUT2D eigenvalue weighted by molar-refractivity contribution is -0.139. The third kappa shape index (κ3) is 3.61. The van der Waals surface area contributed by atoms with Crippen LogP contribution in [-0.2, 0) is 9.53 Å². The Morgan fingerprint density at radius 3 is 2.78 bits per heavy atom. The Bertz CT molecular complexity index is 394. The molecule has 1 aromatic rings. The summed E-state index contributed by atoms with van der Waals surface area (Å²) in [6.45, 7) is 6.62. The zero-order valence-corrected chi connectivity index (χ0v) is 11.3. The molecule has 0 saturated carbocycles. The number of anilines is 1. The molecule has 0 aliphatic heterocycles. The molecule has 5 heteroatoms. The van der Waals surface area contributed by atoms with Crippen molar-refractivity contribution in [3.63, 3.8) is 0 Å². The second-order valence-electron chi connectivity index (χ2n) is 4.06. The zero-order valence-electron chi connectivity index (χ0n) is 11.3. The second-order valence-corrected chi connectivity index (χ2v) is 4.06. The molecular formula is C13H20N2O3. The Balaban J connectivity index is 3.01. The molecule has 100 valence electrons. The average Bonchev–Trinajstić information content (AvgIpc) is 2.36. The molecule has 0 aliphatic carbocycles. The van der Waals surface area contributed by atoms with E-state index < -0.39 is 0 Å². The van der Waals surface area contributed by atoms with Crippen LogP contribution in [0.2, 0.25) is 0 Å². The number of carbonyl (C=O) groups excluding carboxylic acids is 1. The number of ether oxygens (including phenoxy) is 2. The number of hydrogen-bond donors (Lipinski definition) is 0. The van der Waals surface area contributed by atoms with Crippen LogP contribution in [0.5, 0.6) is 5.75 Å². The van der Waals surface area contributed by atoms with Gasteiger partial charge in [0, 0.05) is 12.2 Å². The summed E-state index contributed by atoms with van der Waals surface area (Å²) in [5.74, 6) is 1.05. The maximum absolute atomic E-state index is 11.4. The summed E-state index contributed by atoms with van der Waals surface area (Å²) in [6, 6.07) is 3.78. The Labute approximate surface area is 108 Å². The van der Waals surface area contributed by atoms with Crippen LogP contribution in [0.4, 0.5) is 5.82 Å². The van der Waals surface area contributed by atoms with Crippen LogP contribution in [0.3, 0.4) is 0 Å². The fourth-order valence-electron chi connectivity index (χ4n) is 1.57. The van der Waals surface area contributed by atoms with Crippen molar-refractivity contribution in [3.05, 3.63) is 18.3 Å². The minimum atomic E-state index is -0.295. The second kappa shape index (κ2) is 6.83. The summed E-state index contributed by atoms with van der Waals surface area (Å²) in [6.07, 6.45) is 1.69. The predicted octanol–water partition coefficient (Wildman–Crippen LogP) is 1.87. The highest BCUT2D eigenvalue weighted by atomic mass is 16.5. The maximum atomic E-state index is 11.4. The van der Waals surface area contributed by atoms with Gasteiger partial charge in [-0.05, 0) is 32.9 Å². The Morgan fingerprint density at radius 2 is 2.22 bits per heavy atom. The lowest BCUT2D eigenvalue weighted by atomic mass is 10.3. The Hall–Kier alpha value is -1.78. The van der Waals surface area contributed by atoms with Crippen molar-refractivity contribution in [1.29, 1.82) is 0 Å². The van der Waals surface area contributed by atoms with Gasteiger partial charge in [0.1, 0.15) is 6.54 Å². The van der Waals surface area contributed by atoms with Crippen LogP contribution >= 0.6 is 0 Å². The van der Waals surface area contributed by atoms with E-state index in [1.807, 2.05) is 37.8 Å². The van der Waals surface area contributed by atoms with Gasteiger partial charge < -0.3 is 14.4 Å². The number of methoxy groups -OCH3 is 1. The fraction of sp³-hybridized carbons (Fsp3) is 0.538. The predicted molar refractivity (Wildman–Crippen MR) is 69.9 cm³/mol. The lowest BCUT2D eigenvalue weighted by Gasteiger charge is -2.27. The van der Waals surface area contributed by atoms with Gasteiger partial charge >= 0.3 is 5.97 Å². The molecule has 0 saturated heterocycles. The first-order valence-electron chi connectivity index (χ1n) is 6.01. The molecule has 1 heterocycles. The normalized spacial score (nSPS) is 10.3. The van der Waals surface area contributed by atoms with Crippen LogP contribution in [0.15, 0.2) is 18.3 Å². The third-order valence-corrected chi connectivity index (χ3v) is 2.47. The van der Waals surface area contributed by atoms with Gasteiger partial charge in [0.25, 0.3) is 0 Å². The number of hydrogen-bond acceptors (Lipinski definition) is 5. The lowest BCUT2D eigenvalue weighted by Crippen LogP contribution is -2.37. The summed E-state index contributed by atoms with van der Waals surface area (Å²) in [5.41, 5.74) is 0. The van der Waals surface area contributed by atoms with E-state index >= 15 is 0 Å². The highest BCUT2D eigenvalue weighted by molar-refractivity contribution is 5.76. The van der Waals surface area contributed by atoms with Crippen molar-refractivity contribution in [1.82, 2.24) is 4.98 Å². The van der Waals surface area contributed by atoms with E-state index in [4.69, 9.17) is 9.47 Å². The molecule has 0 unspecified atom stereocenters. The zero-order chi connectivity index (χ0) is 13.5. The molecule has 18 heavy (non-hydrogen) atoms. The summed E-state index contributed by atoms with van der Waals surface area (Å²) in [7, 11) is 1.38. The summed E-state index contributed by atoms with van der Waals surface area (Å²) in [5, 5.41) is 0. The van der Waals surface area contributed by atoms with Crippen molar-refractivity contribution in [3.8, 4) is 5.75 Å². The first-order chi connectivity index (χ1) is 8.60. The topological polar surface area (TPSA) is 51.7 Å². The molecule has 1 rings (SSSR count). The minimum Gasteiger partial charge on any atom is -0.490 e. The van der Waals surface area contributed by atoms with Gasteiger partial charge in [-0.15, -0.1) is 0 Å². The van der Waals surface area contributed by atoms with Gasteiger partial charge in [-0.2, -0.15) is 0 Å². The van der Waals surface area contributed by atoms with Gasteiger partial charge in [-0.25, -0.2) is 4.98 Å². The summed E-state index contributed by atoms with van der Waals surface area (Å²) >= 11 is 0. The first kappa shape index (κ1) is 14.3. The van der Waals surface area contributed by atoms with Crippen LogP contribution in [0.1, 0.15) is 20.8 Å². The van der Waals surface area contributed by atoms with Crippen molar-refractivity contribution in [2.24, 2.45) is 0 Å². The van der Waals surface area contributed by atoms with Gasteiger partial charge in [0.05, 0.1) is 13.7 Å². The van der Waals surface area contributed by atoms with Gasteiger partial charge in [0.2, 0.25) is 0 Å². The molecule has 0 aliphatic rings. The quantitative estimate of drug-likeness (QED) is 0.723. The molecule has 0 aromatic carbocycles. The highest BCUT2D eigenvalue weighted by Crippen LogP contribution is 2.26. The molecule has 0 amide bonds. The van der Waals surface area contributed by atoms with Crippen molar-refractivity contribution in [2.75, 3.05) is 25.2 Å². The average molecular weight is 252 g/mol. The molecule has 0 spiro atoms.